The highest BCUT2D eigenvalue weighted by Gasteiger charge is 2.05. The van der Waals surface area contributed by atoms with Crippen molar-refractivity contribution in [2.24, 2.45) is 0 Å². The van der Waals surface area contributed by atoms with Gasteiger partial charge in [0.25, 0.3) is 0 Å². The van der Waals surface area contributed by atoms with Gasteiger partial charge in [-0.1, -0.05) is 0 Å². The van der Waals surface area contributed by atoms with Crippen molar-refractivity contribution in [3.63, 3.8) is 0 Å². The normalized spacial score (nSPS) is 10.8. The first-order valence-corrected chi connectivity index (χ1v) is 7.97. The van der Waals surface area contributed by atoms with E-state index in [2.05, 4.69) is 34.6 Å². The standard InChI is InChI=1S/C20H18N4O/c1-25-18-6-3-16(4-7-18)23-17-5-8-19-14(12-17)10-11-24(19)20-9-2-15(21)13-22-20/h2-13,23H,21H2,1H3. The molecule has 0 bridgehead atoms. The van der Waals surface area contributed by atoms with Crippen LogP contribution in [0.5, 0.6) is 5.75 Å². The number of nitrogen functional groups attached to an aromatic ring is 1. The Kier molecular flexibility index (Phi) is 3.74. The predicted molar refractivity (Wildman–Crippen MR) is 102 cm³/mol. The van der Waals surface area contributed by atoms with Crippen molar-refractivity contribution < 1.29 is 4.74 Å². The van der Waals surface area contributed by atoms with E-state index in [4.69, 9.17) is 10.5 Å². The highest BCUT2D eigenvalue weighted by atomic mass is 16.5. The van der Waals surface area contributed by atoms with E-state index in [-0.39, 0.29) is 0 Å². The summed E-state index contributed by atoms with van der Waals surface area (Å²) in [4.78, 5) is 4.39. The minimum absolute atomic E-state index is 0.659. The van der Waals surface area contributed by atoms with Crippen LogP contribution in [0.3, 0.4) is 0 Å². The molecule has 0 spiro atoms. The Bertz CT molecular complexity index is 1000. The van der Waals surface area contributed by atoms with Crippen LogP contribution in [0.15, 0.2) is 73.1 Å². The Balaban J connectivity index is 1.63. The van der Waals surface area contributed by atoms with Crippen LogP contribution in [0.4, 0.5) is 17.1 Å². The first kappa shape index (κ1) is 15.1. The van der Waals surface area contributed by atoms with E-state index in [1.54, 1.807) is 13.3 Å². The molecule has 5 heteroatoms. The maximum absolute atomic E-state index is 5.72. The summed E-state index contributed by atoms with van der Waals surface area (Å²) in [7, 11) is 1.66. The monoisotopic (exact) mass is 330 g/mol. The van der Waals surface area contributed by atoms with E-state index in [9.17, 15) is 0 Å². The molecule has 4 aromatic rings. The first-order valence-electron chi connectivity index (χ1n) is 7.97. The van der Waals surface area contributed by atoms with E-state index >= 15 is 0 Å². The molecule has 0 fully saturated rings. The van der Waals surface area contributed by atoms with Crippen LogP contribution in [0.2, 0.25) is 0 Å². The van der Waals surface area contributed by atoms with Gasteiger partial charge in [0.05, 0.1) is 24.5 Å². The lowest BCUT2D eigenvalue weighted by Gasteiger charge is -2.09. The summed E-state index contributed by atoms with van der Waals surface area (Å²) >= 11 is 0. The number of pyridine rings is 1. The zero-order chi connectivity index (χ0) is 17.2. The topological polar surface area (TPSA) is 65.1 Å². The number of nitrogens with one attached hydrogen (secondary N) is 1. The Labute approximate surface area is 145 Å². The van der Waals surface area contributed by atoms with Crippen LogP contribution in [0.25, 0.3) is 16.7 Å². The molecule has 124 valence electrons. The molecule has 0 aliphatic rings. The molecule has 3 N–H and O–H groups in total. The van der Waals surface area contributed by atoms with E-state index in [1.165, 1.54) is 0 Å². The molecule has 4 rings (SSSR count). The highest BCUT2D eigenvalue weighted by molar-refractivity contribution is 5.86. The smallest absolute Gasteiger partial charge is 0.137 e. The van der Waals surface area contributed by atoms with Gasteiger partial charge in [-0.25, -0.2) is 4.98 Å². The van der Waals surface area contributed by atoms with Crippen LogP contribution in [0.1, 0.15) is 0 Å². The fourth-order valence-corrected chi connectivity index (χ4v) is 2.80. The van der Waals surface area contributed by atoms with Gasteiger partial charge in [-0.05, 0) is 60.7 Å². The molecule has 0 amide bonds. The number of nitrogens with two attached hydrogens (primary N) is 1. The quantitative estimate of drug-likeness (QED) is 0.583. The van der Waals surface area contributed by atoms with Crippen molar-refractivity contribution >= 4 is 28.0 Å². The third-order valence-electron chi connectivity index (χ3n) is 4.09. The van der Waals surface area contributed by atoms with E-state index in [0.717, 1.165) is 33.8 Å². The molecule has 0 radical (unpaired) electrons. The number of nitrogens with zero attached hydrogens (tertiary/aromatic N) is 2. The van der Waals surface area contributed by atoms with Crippen molar-refractivity contribution in [3.05, 3.63) is 73.1 Å². The number of anilines is 3. The number of aromatic nitrogens is 2. The summed E-state index contributed by atoms with van der Waals surface area (Å²) in [6.07, 6.45) is 3.68. The largest absolute Gasteiger partial charge is 0.497 e. The maximum Gasteiger partial charge on any atom is 0.137 e. The SMILES string of the molecule is COc1ccc(Nc2ccc3c(ccn3-c3ccc(N)cn3)c2)cc1. The summed E-state index contributed by atoms with van der Waals surface area (Å²) in [6.45, 7) is 0. The van der Waals surface area contributed by atoms with Gasteiger partial charge in [-0.2, -0.15) is 0 Å². The summed E-state index contributed by atoms with van der Waals surface area (Å²) < 4.78 is 7.23. The fourth-order valence-electron chi connectivity index (χ4n) is 2.80. The lowest BCUT2D eigenvalue weighted by atomic mass is 10.2. The van der Waals surface area contributed by atoms with E-state index in [1.807, 2.05) is 47.2 Å². The lowest BCUT2D eigenvalue weighted by Crippen LogP contribution is -1.96. The molecular weight excluding hydrogens is 312 g/mol. The Morgan fingerprint density at radius 2 is 1.76 bits per heavy atom. The van der Waals surface area contributed by atoms with Gasteiger partial charge in [0, 0.05) is 23.0 Å². The molecule has 2 aromatic carbocycles. The Morgan fingerprint density at radius 1 is 0.960 bits per heavy atom. The average molecular weight is 330 g/mol. The number of hydrogen-bond acceptors (Lipinski definition) is 4. The minimum Gasteiger partial charge on any atom is -0.497 e. The molecule has 0 saturated heterocycles. The first-order chi connectivity index (χ1) is 12.2. The molecule has 0 unspecified atom stereocenters. The molecule has 5 nitrogen and oxygen atoms in total. The van der Waals surface area contributed by atoms with Crippen molar-refractivity contribution in [3.8, 4) is 11.6 Å². The summed E-state index contributed by atoms with van der Waals surface area (Å²) in [5.41, 5.74) is 9.51. The summed E-state index contributed by atoms with van der Waals surface area (Å²) in [6, 6.07) is 20.0. The van der Waals surface area contributed by atoms with Gasteiger partial charge < -0.3 is 20.4 Å². The Morgan fingerprint density at radius 3 is 2.48 bits per heavy atom. The Hall–Kier alpha value is -3.47. The van der Waals surface area contributed by atoms with Gasteiger partial charge in [0.2, 0.25) is 0 Å². The molecule has 0 aliphatic heterocycles. The molecule has 0 aliphatic carbocycles. The van der Waals surface area contributed by atoms with Gasteiger partial charge in [0.1, 0.15) is 11.6 Å². The second-order valence-corrected chi connectivity index (χ2v) is 5.76. The summed E-state index contributed by atoms with van der Waals surface area (Å²) in [5.74, 6) is 1.69. The third kappa shape index (κ3) is 2.99. The molecule has 25 heavy (non-hydrogen) atoms. The number of ether oxygens (including phenoxy) is 1. The number of benzene rings is 2. The number of hydrogen-bond donors (Lipinski definition) is 2. The zero-order valence-corrected chi connectivity index (χ0v) is 13.8. The number of fused-ring (bicyclic) bond motifs is 1. The number of methoxy groups -OCH3 is 1. The molecule has 2 aromatic heterocycles. The van der Waals surface area contributed by atoms with Crippen molar-refractivity contribution in [1.29, 1.82) is 0 Å². The van der Waals surface area contributed by atoms with Crippen LogP contribution in [-0.4, -0.2) is 16.7 Å². The fraction of sp³-hybridized carbons (Fsp3) is 0.0500. The van der Waals surface area contributed by atoms with Gasteiger partial charge in [-0.15, -0.1) is 0 Å². The predicted octanol–water partition coefficient (Wildman–Crippen LogP) is 4.36. The summed E-state index contributed by atoms with van der Waals surface area (Å²) in [5, 5.41) is 4.54. The van der Waals surface area contributed by atoms with Crippen LogP contribution < -0.4 is 15.8 Å². The van der Waals surface area contributed by atoms with Gasteiger partial charge in [0.15, 0.2) is 0 Å². The van der Waals surface area contributed by atoms with Crippen LogP contribution in [0, 0.1) is 0 Å². The van der Waals surface area contributed by atoms with Crippen LogP contribution >= 0.6 is 0 Å². The van der Waals surface area contributed by atoms with E-state index < -0.39 is 0 Å². The van der Waals surface area contributed by atoms with Crippen LogP contribution in [-0.2, 0) is 0 Å². The van der Waals surface area contributed by atoms with Crippen molar-refractivity contribution in [1.82, 2.24) is 9.55 Å². The highest BCUT2D eigenvalue weighted by Crippen LogP contribution is 2.26. The van der Waals surface area contributed by atoms with Crippen molar-refractivity contribution in [2.75, 3.05) is 18.2 Å². The van der Waals surface area contributed by atoms with Crippen molar-refractivity contribution in [2.45, 2.75) is 0 Å². The molecule has 2 heterocycles. The average Bonchev–Trinajstić information content (AvgIpc) is 3.06. The van der Waals surface area contributed by atoms with Gasteiger partial charge in [-0.3, -0.25) is 0 Å². The number of rotatable bonds is 4. The maximum atomic E-state index is 5.72. The molecule has 0 saturated carbocycles. The lowest BCUT2D eigenvalue weighted by molar-refractivity contribution is 0.415. The minimum atomic E-state index is 0.659. The zero-order valence-electron chi connectivity index (χ0n) is 13.8. The second-order valence-electron chi connectivity index (χ2n) is 5.76. The molecular formula is C20H18N4O. The van der Waals surface area contributed by atoms with Gasteiger partial charge >= 0.3 is 0 Å². The molecule has 0 atom stereocenters. The second kappa shape index (κ2) is 6.20. The van der Waals surface area contributed by atoms with E-state index in [0.29, 0.717) is 5.69 Å². The third-order valence-corrected chi connectivity index (χ3v) is 4.09.